The molecule has 0 spiro atoms. The molecule has 0 bridgehead atoms. The predicted molar refractivity (Wildman–Crippen MR) is 121 cm³/mol. The molecule has 164 valence electrons. The first kappa shape index (κ1) is 23.1. The number of nitrogens with zero attached hydrogens (tertiary/aromatic N) is 1. The summed E-state index contributed by atoms with van der Waals surface area (Å²) >= 11 is 8.17. The highest BCUT2D eigenvalue weighted by Crippen LogP contribution is 2.34. The maximum absolute atomic E-state index is 12.5. The predicted octanol–water partition coefficient (Wildman–Crippen LogP) is 4.67. The standard InChI is InChI=1S/C20H20ClN3O5S2/c1-4-28-18(26)15-10(3)16(19(27)29-5-2)31-17(15)24-14(25)9-30-20-22-12-7-6-11(21)8-13(12)23-20/h6-8H,4-5,9H2,1-3H3,(H,22,23)(H,24,25). The number of aromatic nitrogens is 2. The maximum Gasteiger partial charge on any atom is 0.348 e. The van der Waals surface area contributed by atoms with E-state index in [0.717, 1.165) is 22.4 Å². The van der Waals surface area contributed by atoms with Gasteiger partial charge in [0, 0.05) is 5.02 Å². The van der Waals surface area contributed by atoms with Crippen molar-refractivity contribution in [3.8, 4) is 0 Å². The van der Waals surface area contributed by atoms with Gasteiger partial charge in [-0.2, -0.15) is 0 Å². The molecule has 0 aliphatic rings. The van der Waals surface area contributed by atoms with Gasteiger partial charge in [0.2, 0.25) is 5.91 Å². The molecule has 0 atom stereocenters. The number of thiophene rings is 1. The van der Waals surface area contributed by atoms with Gasteiger partial charge < -0.3 is 19.8 Å². The van der Waals surface area contributed by atoms with Crippen LogP contribution in [0.5, 0.6) is 0 Å². The number of carbonyl (C=O) groups excluding carboxylic acids is 3. The smallest absolute Gasteiger partial charge is 0.348 e. The van der Waals surface area contributed by atoms with Gasteiger partial charge in [0.15, 0.2) is 5.16 Å². The first-order valence-corrected chi connectivity index (χ1v) is 11.6. The Labute approximate surface area is 191 Å². The summed E-state index contributed by atoms with van der Waals surface area (Å²) < 4.78 is 10.1. The second-order valence-electron chi connectivity index (χ2n) is 6.24. The number of benzene rings is 1. The highest BCUT2D eigenvalue weighted by atomic mass is 35.5. The van der Waals surface area contributed by atoms with Crippen molar-refractivity contribution in [2.45, 2.75) is 25.9 Å². The number of hydrogen-bond donors (Lipinski definition) is 2. The lowest BCUT2D eigenvalue weighted by Gasteiger charge is -2.06. The molecule has 2 aromatic heterocycles. The minimum Gasteiger partial charge on any atom is -0.462 e. The van der Waals surface area contributed by atoms with Crippen molar-refractivity contribution in [2.75, 3.05) is 24.3 Å². The Balaban J connectivity index is 1.76. The van der Waals surface area contributed by atoms with Crippen LogP contribution in [0.1, 0.15) is 39.4 Å². The summed E-state index contributed by atoms with van der Waals surface area (Å²) in [6, 6.07) is 5.28. The number of nitrogens with one attached hydrogen (secondary N) is 2. The molecule has 1 aromatic carbocycles. The number of ether oxygens (including phenoxy) is 2. The molecule has 0 fully saturated rings. The highest BCUT2D eigenvalue weighted by molar-refractivity contribution is 7.99. The van der Waals surface area contributed by atoms with Crippen LogP contribution in [-0.4, -0.2) is 46.8 Å². The van der Waals surface area contributed by atoms with E-state index in [1.807, 2.05) is 0 Å². The van der Waals surface area contributed by atoms with E-state index >= 15 is 0 Å². The van der Waals surface area contributed by atoms with Crippen molar-refractivity contribution in [1.82, 2.24) is 9.97 Å². The average molecular weight is 482 g/mol. The lowest BCUT2D eigenvalue weighted by atomic mass is 10.1. The molecule has 0 aliphatic heterocycles. The quantitative estimate of drug-likeness (QED) is 0.355. The zero-order valence-electron chi connectivity index (χ0n) is 17.0. The second kappa shape index (κ2) is 10.2. The van der Waals surface area contributed by atoms with Crippen molar-refractivity contribution < 1.29 is 23.9 Å². The molecule has 11 heteroatoms. The highest BCUT2D eigenvalue weighted by Gasteiger charge is 2.27. The van der Waals surface area contributed by atoms with Gasteiger partial charge in [-0.05, 0) is 44.5 Å². The van der Waals surface area contributed by atoms with Crippen LogP contribution in [0.2, 0.25) is 5.02 Å². The maximum atomic E-state index is 12.5. The Morgan fingerprint density at radius 2 is 1.90 bits per heavy atom. The van der Waals surface area contributed by atoms with E-state index in [1.54, 1.807) is 39.0 Å². The number of aromatic amines is 1. The summed E-state index contributed by atoms with van der Waals surface area (Å²) in [7, 11) is 0. The molecule has 0 radical (unpaired) electrons. The fourth-order valence-electron chi connectivity index (χ4n) is 2.77. The van der Waals surface area contributed by atoms with Crippen molar-refractivity contribution in [1.29, 1.82) is 0 Å². The van der Waals surface area contributed by atoms with E-state index in [9.17, 15) is 14.4 Å². The van der Waals surface area contributed by atoms with Gasteiger partial charge in [-0.1, -0.05) is 23.4 Å². The lowest BCUT2D eigenvalue weighted by molar-refractivity contribution is -0.113. The van der Waals surface area contributed by atoms with Gasteiger partial charge in [-0.15, -0.1) is 11.3 Å². The SMILES string of the molecule is CCOC(=O)c1sc(NC(=O)CSc2nc3ccc(Cl)cc3[nH]2)c(C(=O)OCC)c1C. The molecule has 2 N–H and O–H groups in total. The Morgan fingerprint density at radius 1 is 1.19 bits per heavy atom. The topological polar surface area (TPSA) is 110 Å². The van der Waals surface area contributed by atoms with E-state index in [-0.39, 0.29) is 40.3 Å². The molecule has 8 nitrogen and oxygen atoms in total. The van der Waals surface area contributed by atoms with Crippen LogP contribution in [0, 0.1) is 6.92 Å². The summed E-state index contributed by atoms with van der Waals surface area (Å²) in [4.78, 5) is 44.9. The normalized spacial score (nSPS) is 10.8. The van der Waals surface area contributed by atoms with E-state index in [4.69, 9.17) is 21.1 Å². The summed E-state index contributed by atoms with van der Waals surface area (Å²) in [6.45, 7) is 5.37. The van der Waals surface area contributed by atoms with E-state index < -0.39 is 11.9 Å². The third-order valence-electron chi connectivity index (χ3n) is 4.10. The number of fused-ring (bicyclic) bond motifs is 1. The number of amides is 1. The minimum atomic E-state index is -0.607. The van der Waals surface area contributed by atoms with Crippen molar-refractivity contribution in [3.63, 3.8) is 0 Å². The summed E-state index contributed by atoms with van der Waals surface area (Å²) in [5, 5.41) is 4.11. The lowest BCUT2D eigenvalue weighted by Crippen LogP contribution is -2.16. The van der Waals surface area contributed by atoms with Crippen LogP contribution in [0.25, 0.3) is 11.0 Å². The fraction of sp³-hybridized carbons (Fsp3) is 0.300. The second-order valence-corrected chi connectivity index (χ2v) is 8.66. The van der Waals surface area contributed by atoms with Crippen LogP contribution in [-0.2, 0) is 14.3 Å². The molecular formula is C20H20ClN3O5S2. The number of hydrogen-bond acceptors (Lipinski definition) is 8. The Hall–Kier alpha value is -2.56. The summed E-state index contributed by atoms with van der Waals surface area (Å²) in [5.41, 5.74) is 2.09. The van der Waals surface area contributed by atoms with Crippen LogP contribution in [0.15, 0.2) is 23.4 Å². The molecule has 3 rings (SSSR count). The van der Waals surface area contributed by atoms with Crippen LogP contribution >= 0.6 is 34.7 Å². The number of thioether (sulfide) groups is 1. The van der Waals surface area contributed by atoms with Gasteiger partial charge in [0.1, 0.15) is 9.88 Å². The number of halogens is 1. The Bertz CT molecular complexity index is 1140. The average Bonchev–Trinajstić information content (AvgIpc) is 3.26. The number of esters is 2. The molecule has 0 unspecified atom stereocenters. The number of anilines is 1. The Morgan fingerprint density at radius 3 is 2.61 bits per heavy atom. The molecular weight excluding hydrogens is 462 g/mol. The van der Waals surface area contributed by atoms with Gasteiger partial charge in [0.25, 0.3) is 0 Å². The molecule has 0 saturated heterocycles. The van der Waals surface area contributed by atoms with E-state index in [2.05, 4.69) is 15.3 Å². The molecule has 2 heterocycles. The van der Waals surface area contributed by atoms with Crippen molar-refractivity contribution in [3.05, 3.63) is 39.2 Å². The number of carbonyl (C=O) groups is 3. The Kier molecular flexibility index (Phi) is 7.58. The van der Waals surface area contributed by atoms with Gasteiger partial charge in [0.05, 0.1) is 35.6 Å². The fourth-order valence-corrected chi connectivity index (χ4v) is 4.73. The minimum absolute atomic E-state index is 0.0432. The largest absolute Gasteiger partial charge is 0.462 e. The van der Waals surface area contributed by atoms with Gasteiger partial charge in [-0.25, -0.2) is 14.6 Å². The van der Waals surface area contributed by atoms with E-state index in [1.165, 1.54) is 11.8 Å². The third kappa shape index (κ3) is 5.38. The van der Waals surface area contributed by atoms with Crippen LogP contribution < -0.4 is 5.32 Å². The number of H-pyrrole nitrogens is 1. The van der Waals surface area contributed by atoms with Crippen LogP contribution in [0.3, 0.4) is 0 Å². The molecule has 3 aromatic rings. The van der Waals surface area contributed by atoms with Crippen molar-refractivity contribution in [2.24, 2.45) is 0 Å². The summed E-state index contributed by atoms with van der Waals surface area (Å²) in [6.07, 6.45) is 0. The van der Waals surface area contributed by atoms with Gasteiger partial charge in [-0.3, -0.25) is 4.79 Å². The monoisotopic (exact) mass is 481 g/mol. The first-order valence-electron chi connectivity index (χ1n) is 9.39. The number of rotatable bonds is 8. The number of imidazole rings is 1. The zero-order valence-corrected chi connectivity index (χ0v) is 19.4. The molecule has 0 aliphatic carbocycles. The summed E-state index contributed by atoms with van der Waals surface area (Å²) in [5.74, 6) is -1.47. The first-order chi connectivity index (χ1) is 14.8. The van der Waals surface area contributed by atoms with Crippen molar-refractivity contribution >= 4 is 68.6 Å². The third-order valence-corrected chi connectivity index (χ3v) is 6.40. The zero-order chi connectivity index (χ0) is 22.5. The molecule has 1 amide bonds. The molecule has 0 saturated carbocycles. The molecule has 31 heavy (non-hydrogen) atoms. The van der Waals surface area contributed by atoms with Gasteiger partial charge >= 0.3 is 11.9 Å². The van der Waals surface area contributed by atoms with E-state index in [0.29, 0.717) is 15.7 Å². The van der Waals surface area contributed by atoms with Crippen LogP contribution in [0.4, 0.5) is 5.00 Å².